The van der Waals surface area contributed by atoms with Crippen LogP contribution in [0.15, 0.2) is 126 Å². The van der Waals surface area contributed by atoms with E-state index in [4.69, 9.17) is 19.1 Å². The van der Waals surface area contributed by atoms with Gasteiger partial charge in [-0.05, 0) is 58.4 Å². The van der Waals surface area contributed by atoms with E-state index in [9.17, 15) is 0 Å². The summed E-state index contributed by atoms with van der Waals surface area (Å²) >= 11 is 0. The highest BCUT2D eigenvalue weighted by Gasteiger charge is 2.26. The Labute approximate surface area is 288 Å². The molecule has 0 aliphatic heterocycles. The molecule has 244 valence electrons. The van der Waals surface area contributed by atoms with E-state index in [1.54, 1.807) is 6.33 Å². The molecular weight excluding hydrogens is 621 g/mol. The summed E-state index contributed by atoms with van der Waals surface area (Å²) in [7, 11) is 0. The summed E-state index contributed by atoms with van der Waals surface area (Å²) in [6.45, 7) is 8.96. The average molecular weight is 655 g/mol. The lowest BCUT2D eigenvalue weighted by Gasteiger charge is -2.21. The molecule has 0 fully saturated rings. The molecule has 8 heteroatoms. The van der Waals surface area contributed by atoms with Crippen molar-refractivity contribution in [3.63, 3.8) is 0 Å². The number of oxazole rings is 1. The number of aromatic nitrogens is 6. The third-order valence-corrected chi connectivity index (χ3v) is 9.40. The molecule has 5 aromatic heterocycles. The van der Waals surface area contributed by atoms with Crippen molar-refractivity contribution in [2.45, 2.75) is 39.5 Å². The van der Waals surface area contributed by atoms with Gasteiger partial charge in [0.2, 0.25) is 11.5 Å². The largest absolute Gasteiger partial charge is 0.417 e. The average Bonchev–Trinajstić information content (AvgIpc) is 3.84. The highest BCUT2D eigenvalue weighted by molar-refractivity contribution is 6.19. The zero-order valence-electron chi connectivity index (χ0n) is 28.2. The number of hydrogen-bond donors (Lipinski definition) is 0. The SMILES string of the molecule is CC(C)c1cccc(C(C)C)c1-c1cc(Oc2nc3c(c4ccccc4n3-c3ccccc3)c3c2oc2nncn23)nc(-c2ccccc2)c1. The Kier molecular flexibility index (Phi) is 6.98. The number of hydrogen-bond acceptors (Lipinski definition) is 6. The van der Waals surface area contributed by atoms with Crippen molar-refractivity contribution in [3.8, 4) is 39.8 Å². The lowest BCUT2D eigenvalue weighted by Crippen LogP contribution is -2.02. The second-order valence-electron chi connectivity index (χ2n) is 13.2. The Morgan fingerprint density at radius 1 is 0.700 bits per heavy atom. The molecule has 0 N–H and O–H groups in total. The molecule has 0 aliphatic carbocycles. The molecule has 0 spiro atoms. The van der Waals surface area contributed by atoms with Gasteiger partial charge < -0.3 is 9.15 Å². The molecule has 0 atom stereocenters. The Morgan fingerprint density at radius 2 is 1.40 bits per heavy atom. The molecule has 0 saturated heterocycles. The minimum absolute atomic E-state index is 0.294. The van der Waals surface area contributed by atoms with Crippen LogP contribution in [0.3, 0.4) is 0 Å². The molecule has 0 unspecified atom stereocenters. The Morgan fingerprint density at radius 3 is 2.14 bits per heavy atom. The third kappa shape index (κ3) is 4.75. The smallest absolute Gasteiger partial charge is 0.327 e. The first kappa shape index (κ1) is 29.8. The van der Waals surface area contributed by atoms with Gasteiger partial charge in [0, 0.05) is 22.7 Å². The monoisotopic (exact) mass is 654 g/mol. The minimum atomic E-state index is 0.294. The molecule has 0 radical (unpaired) electrons. The zero-order chi connectivity index (χ0) is 33.9. The number of para-hydroxylation sites is 2. The number of pyridine rings is 2. The minimum Gasteiger partial charge on any atom is -0.417 e. The molecule has 9 rings (SSSR count). The summed E-state index contributed by atoms with van der Waals surface area (Å²) < 4.78 is 17.2. The van der Waals surface area contributed by atoms with Crippen LogP contribution >= 0.6 is 0 Å². The number of rotatable bonds is 7. The maximum absolute atomic E-state index is 6.82. The van der Waals surface area contributed by atoms with Gasteiger partial charge in [0.05, 0.1) is 16.6 Å². The summed E-state index contributed by atoms with van der Waals surface area (Å²) in [5.74, 6) is 1.70. The van der Waals surface area contributed by atoms with E-state index in [2.05, 4.69) is 103 Å². The van der Waals surface area contributed by atoms with Crippen LogP contribution in [-0.2, 0) is 0 Å². The fourth-order valence-electron chi connectivity index (χ4n) is 7.14. The van der Waals surface area contributed by atoms with Gasteiger partial charge in [-0.15, -0.1) is 5.10 Å². The number of fused-ring (bicyclic) bond motifs is 7. The molecule has 0 bridgehead atoms. The van der Waals surface area contributed by atoms with Crippen LogP contribution in [0.5, 0.6) is 11.8 Å². The van der Waals surface area contributed by atoms with Gasteiger partial charge in [-0.3, -0.25) is 4.57 Å². The second kappa shape index (κ2) is 11.7. The van der Waals surface area contributed by atoms with E-state index in [1.165, 1.54) is 16.7 Å². The number of benzene rings is 4. The summed E-state index contributed by atoms with van der Waals surface area (Å²) in [4.78, 5) is 10.3. The quantitative estimate of drug-likeness (QED) is 0.170. The Bertz CT molecular complexity index is 2660. The van der Waals surface area contributed by atoms with E-state index in [0.717, 1.165) is 50.0 Å². The van der Waals surface area contributed by atoms with Gasteiger partial charge in [0.1, 0.15) is 11.8 Å². The highest BCUT2D eigenvalue weighted by Crippen LogP contribution is 2.43. The second-order valence-corrected chi connectivity index (χ2v) is 13.2. The van der Waals surface area contributed by atoms with Crippen molar-refractivity contribution >= 4 is 38.9 Å². The van der Waals surface area contributed by atoms with Crippen LogP contribution in [0.1, 0.15) is 50.7 Å². The molecule has 8 nitrogen and oxygen atoms in total. The van der Waals surface area contributed by atoms with Gasteiger partial charge in [-0.2, -0.15) is 4.98 Å². The molecule has 4 aromatic carbocycles. The van der Waals surface area contributed by atoms with Gasteiger partial charge in [0.15, 0.2) is 5.65 Å². The molecule has 9 aromatic rings. The van der Waals surface area contributed by atoms with Gasteiger partial charge in [-0.1, -0.05) is 118 Å². The summed E-state index contributed by atoms with van der Waals surface area (Å²) in [5.41, 5.74) is 10.6. The normalized spacial score (nSPS) is 12.0. The fraction of sp³-hybridized carbons (Fsp3) is 0.143. The molecule has 5 heterocycles. The lowest BCUT2D eigenvalue weighted by atomic mass is 9.85. The molecule has 0 aliphatic rings. The van der Waals surface area contributed by atoms with Crippen molar-refractivity contribution in [3.05, 3.63) is 133 Å². The van der Waals surface area contributed by atoms with Crippen molar-refractivity contribution < 1.29 is 9.15 Å². The van der Waals surface area contributed by atoms with E-state index in [0.29, 0.717) is 35.0 Å². The molecular formula is C42H34N6O2. The molecule has 50 heavy (non-hydrogen) atoms. The first-order valence-electron chi connectivity index (χ1n) is 17.0. The maximum Gasteiger partial charge on any atom is 0.327 e. The first-order chi connectivity index (χ1) is 24.5. The predicted molar refractivity (Wildman–Crippen MR) is 198 cm³/mol. The summed E-state index contributed by atoms with van der Waals surface area (Å²) in [6.07, 6.45) is 1.67. The van der Waals surface area contributed by atoms with E-state index >= 15 is 0 Å². The predicted octanol–water partition coefficient (Wildman–Crippen LogP) is 10.7. The van der Waals surface area contributed by atoms with Crippen LogP contribution in [0, 0.1) is 0 Å². The van der Waals surface area contributed by atoms with Crippen molar-refractivity contribution in [1.82, 2.24) is 29.1 Å². The standard InChI is InChI=1S/C42H34N6O2/c1-25(2)30-19-13-20-31(26(3)4)36(30)28-22-33(27-14-7-5-8-15-27)44-35(23-28)49-41-39-38(47-24-43-46-42(47)50-39)37-32-18-11-12-21-34(32)48(40(37)45-41)29-16-9-6-10-17-29/h5-26H,1-4H3. The van der Waals surface area contributed by atoms with Crippen LogP contribution in [0.4, 0.5) is 0 Å². The molecule has 0 amide bonds. The van der Waals surface area contributed by atoms with E-state index in [-0.39, 0.29) is 0 Å². The molecule has 0 saturated carbocycles. The topological polar surface area (TPSA) is 83.3 Å². The summed E-state index contributed by atoms with van der Waals surface area (Å²) in [5, 5.41) is 10.4. The first-order valence-corrected chi connectivity index (χ1v) is 17.0. The van der Waals surface area contributed by atoms with Gasteiger partial charge in [-0.25, -0.2) is 9.38 Å². The third-order valence-electron chi connectivity index (χ3n) is 9.40. The summed E-state index contributed by atoms with van der Waals surface area (Å²) in [6, 6.07) is 39.6. The van der Waals surface area contributed by atoms with Crippen LogP contribution in [0.2, 0.25) is 0 Å². The number of ether oxygens (including phenoxy) is 1. The van der Waals surface area contributed by atoms with Crippen LogP contribution in [-0.4, -0.2) is 29.1 Å². The Hall–Kier alpha value is -6.28. The lowest BCUT2D eigenvalue weighted by molar-refractivity contribution is 0.442. The van der Waals surface area contributed by atoms with E-state index in [1.807, 2.05) is 59.0 Å². The fourth-order valence-corrected chi connectivity index (χ4v) is 7.14. The van der Waals surface area contributed by atoms with Crippen molar-refractivity contribution in [2.24, 2.45) is 0 Å². The van der Waals surface area contributed by atoms with Gasteiger partial charge in [0.25, 0.3) is 5.88 Å². The highest BCUT2D eigenvalue weighted by atomic mass is 16.5. The van der Waals surface area contributed by atoms with Crippen LogP contribution in [0.25, 0.3) is 67.0 Å². The maximum atomic E-state index is 6.82. The van der Waals surface area contributed by atoms with Crippen molar-refractivity contribution in [1.29, 1.82) is 0 Å². The van der Waals surface area contributed by atoms with Gasteiger partial charge >= 0.3 is 5.84 Å². The zero-order valence-corrected chi connectivity index (χ0v) is 28.2. The van der Waals surface area contributed by atoms with E-state index < -0.39 is 0 Å². The Balaban J connectivity index is 1.33. The number of nitrogens with zero attached hydrogens (tertiary/aromatic N) is 6. The van der Waals surface area contributed by atoms with Crippen LogP contribution < -0.4 is 4.74 Å². The van der Waals surface area contributed by atoms with Crippen molar-refractivity contribution in [2.75, 3.05) is 0 Å².